The van der Waals surface area contributed by atoms with Crippen LogP contribution in [0.1, 0.15) is 23.9 Å². The van der Waals surface area contributed by atoms with Gasteiger partial charge in [0.15, 0.2) is 0 Å². The fourth-order valence-electron chi connectivity index (χ4n) is 1.54. The SMILES string of the molecule is CCCc1nnc(NC(=O)/C=C/c2ccccc2Cl)s1. The number of carbonyl (C=O) groups is 1. The Bertz CT molecular complexity index is 624. The molecule has 0 saturated carbocycles. The van der Waals surface area contributed by atoms with E-state index in [9.17, 15) is 4.79 Å². The quantitative estimate of drug-likeness (QED) is 0.855. The van der Waals surface area contributed by atoms with Crippen LogP contribution in [0.5, 0.6) is 0 Å². The van der Waals surface area contributed by atoms with Crippen molar-refractivity contribution in [1.29, 1.82) is 0 Å². The molecule has 1 amide bonds. The number of aryl methyl sites for hydroxylation is 1. The molecule has 0 aliphatic heterocycles. The van der Waals surface area contributed by atoms with Crippen LogP contribution in [-0.4, -0.2) is 16.1 Å². The van der Waals surface area contributed by atoms with Crippen molar-refractivity contribution in [2.45, 2.75) is 19.8 Å². The van der Waals surface area contributed by atoms with E-state index >= 15 is 0 Å². The Morgan fingerprint density at radius 3 is 2.95 bits per heavy atom. The summed E-state index contributed by atoms with van der Waals surface area (Å²) >= 11 is 7.40. The Hall–Kier alpha value is -1.72. The van der Waals surface area contributed by atoms with E-state index in [0.717, 1.165) is 23.4 Å². The van der Waals surface area contributed by atoms with Crippen LogP contribution in [0.4, 0.5) is 5.13 Å². The molecule has 1 aromatic carbocycles. The highest BCUT2D eigenvalue weighted by molar-refractivity contribution is 7.15. The van der Waals surface area contributed by atoms with Gasteiger partial charge in [-0.05, 0) is 24.1 Å². The van der Waals surface area contributed by atoms with Gasteiger partial charge in [0.25, 0.3) is 0 Å². The number of benzene rings is 1. The molecule has 0 fully saturated rings. The summed E-state index contributed by atoms with van der Waals surface area (Å²) in [5, 5.41) is 12.7. The smallest absolute Gasteiger partial charge is 0.250 e. The summed E-state index contributed by atoms with van der Waals surface area (Å²) in [6, 6.07) is 7.33. The molecule has 2 rings (SSSR count). The minimum absolute atomic E-state index is 0.246. The molecule has 0 aliphatic rings. The number of nitrogens with one attached hydrogen (secondary N) is 1. The maximum absolute atomic E-state index is 11.8. The lowest BCUT2D eigenvalue weighted by Gasteiger charge is -1.97. The third kappa shape index (κ3) is 4.15. The van der Waals surface area contributed by atoms with Gasteiger partial charge < -0.3 is 0 Å². The summed E-state index contributed by atoms with van der Waals surface area (Å²) in [5.41, 5.74) is 0.799. The zero-order valence-electron chi connectivity index (χ0n) is 11.0. The van der Waals surface area contributed by atoms with Crippen LogP contribution >= 0.6 is 22.9 Å². The monoisotopic (exact) mass is 307 g/mol. The molecule has 0 atom stereocenters. The van der Waals surface area contributed by atoms with Crippen molar-refractivity contribution in [3.63, 3.8) is 0 Å². The predicted octanol–water partition coefficient (Wildman–Crippen LogP) is 3.80. The number of amides is 1. The van der Waals surface area contributed by atoms with Gasteiger partial charge in [0.1, 0.15) is 5.01 Å². The number of anilines is 1. The first-order valence-corrected chi connectivity index (χ1v) is 7.44. The minimum Gasteiger partial charge on any atom is -0.297 e. The van der Waals surface area contributed by atoms with E-state index in [1.807, 2.05) is 18.2 Å². The van der Waals surface area contributed by atoms with Crippen molar-refractivity contribution >= 4 is 40.1 Å². The molecule has 0 aliphatic carbocycles. The van der Waals surface area contributed by atoms with Gasteiger partial charge in [-0.2, -0.15) is 0 Å². The highest BCUT2D eigenvalue weighted by atomic mass is 35.5. The molecule has 1 N–H and O–H groups in total. The fraction of sp³-hybridized carbons (Fsp3) is 0.214. The summed E-state index contributed by atoms with van der Waals surface area (Å²) in [5.74, 6) is -0.246. The molecule has 104 valence electrons. The van der Waals surface area contributed by atoms with E-state index in [1.54, 1.807) is 12.1 Å². The number of hydrogen-bond acceptors (Lipinski definition) is 4. The van der Waals surface area contributed by atoms with Crippen LogP contribution in [-0.2, 0) is 11.2 Å². The molecule has 2 aromatic rings. The average Bonchev–Trinajstić information content (AvgIpc) is 2.85. The Kier molecular flexibility index (Phi) is 5.26. The lowest BCUT2D eigenvalue weighted by molar-refractivity contribution is -0.111. The second kappa shape index (κ2) is 7.17. The van der Waals surface area contributed by atoms with Gasteiger partial charge in [-0.3, -0.25) is 10.1 Å². The van der Waals surface area contributed by atoms with E-state index in [1.165, 1.54) is 17.4 Å². The van der Waals surface area contributed by atoms with Crippen molar-refractivity contribution in [2.24, 2.45) is 0 Å². The zero-order chi connectivity index (χ0) is 14.4. The number of hydrogen-bond donors (Lipinski definition) is 1. The molecule has 20 heavy (non-hydrogen) atoms. The first-order chi connectivity index (χ1) is 9.69. The molecule has 1 heterocycles. The van der Waals surface area contributed by atoms with E-state index < -0.39 is 0 Å². The molecule has 0 bridgehead atoms. The maximum atomic E-state index is 11.8. The maximum Gasteiger partial charge on any atom is 0.250 e. The van der Waals surface area contributed by atoms with Gasteiger partial charge in [-0.15, -0.1) is 10.2 Å². The molecule has 6 heteroatoms. The third-order valence-electron chi connectivity index (χ3n) is 2.48. The Balaban J connectivity index is 1.96. The molecule has 0 unspecified atom stereocenters. The summed E-state index contributed by atoms with van der Waals surface area (Å²) in [7, 11) is 0. The number of carbonyl (C=O) groups excluding carboxylic acids is 1. The van der Waals surface area contributed by atoms with Gasteiger partial charge in [0, 0.05) is 17.5 Å². The van der Waals surface area contributed by atoms with Crippen molar-refractivity contribution in [1.82, 2.24) is 10.2 Å². The first-order valence-electron chi connectivity index (χ1n) is 6.25. The number of rotatable bonds is 5. The second-order valence-corrected chi connectivity index (χ2v) is 5.56. The standard InChI is InChI=1S/C14H14ClN3OS/c1-2-5-13-17-18-14(20-13)16-12(19)9-8-10-6-3-4-7-11(10)15/h3-4,6-9H,2,5H2,1H3,(H,16,18,19)/b9-8+. The topological polar surface area (TPSA) is 54.9 Å². The molecule has 1 aromatic heterocycles. The van der Waals surface area contributed by atoms with Gasteiger partial charge in [-0.1, -0.05) is 48.1 Å². The number of nitrogens with zero attached hydrogens (tertiary/aromatic N) is 2. The first kappa shape index (κ1) is 14.7. The van der Waals surface area contributed by atoms with Gasteiger partial charge in [0.2, 0.25) is 11.0 Å². The van der Waals surface area contributed by atoms with Crippen molar-refractivity contribution in [3.8, 4) is 0 Å². The fourth-order valence-corrected chi connectivity index (χ4v) is 2.58. The van der Waals surface area contributed by atoms with Crippen molar-refractivity contribution < 1.29 is 4.79 Å². The van der Waals surface area contributed by atoms with E-state index in [2.05, 4.69) is 22.4 Å². The normalized spacial score (nSPS) is 10.9. The zero-order valence-corrected chi connectivity index (χ0v) is 12.5. The number of aromatic nitrogens is 2. The minimum atomic E-state index is -0.246. The summed E-state index contributed by atoms with van der Waals surface area (Å²) < 4.78 is 0. The molecule has 4 nitrogen and oxygen atoms in total. The lowest BCUT2D eigenvalue weighted by atomic mass is 10.2. The van der Waals surface area contributed by atoms with E-state index in [0.29, 0.717) is 10.2 Å². The molecule has 0 spiro atoms. The number of halogens is 1. The van der Waals surface area contributed by atoms with Crippen LogP contribution in [0.3, 0.4) is 0 Å². The van der Waals surface area contributed by atoms with Crippen LogP contribution in [0.15, 0.2) is 30.3 Å². The predicted molar refractivity (Wildman–Crippen MR) is 83.0 cm³/mol. The van der Waals surface area contributed by atoms with Crippen LogP contribution in [0.25, 0.3) is 6.08 Å². The summed E-state index contributed by atoms with van der Waals surface area (Å²) in [4.78, 5) is 11.8. The third-order valence-corrected chi connectivity index (χ3v) is 3.72. The van der Waals surface area contributed by atoms with Gasteiger partial charge in [0.05, 0.1) is 0 Å². The summed E-state index contributed by atoms with van der Waals surface area (Å²) in [6.07, 6.45) is 4.99. The summed E-state index contributed by atoms with van der Waals surface area (Å²) in [6.45, 7) is 2.08. The Labute approximate surface area is 126 Å². The van der Waals surface area contributed by atoms with Crippen LogP contribution < -0.4 is 5.32 Å². The highest BCUT2D eigenvalue weighted by Gasteiger charge is 2.05. The lowest BCUT2D eigenvalue weighted by Crippen LogP contribution is -2.07. The van der Waals surface area contributed by atoms with Crippen LogP contribution in [0, 0.1) is 0 Å². The van der Waals surface area contributed by atoms with E-state index in [4.69, 9.17) is 11.6 Å². The molecular formula is C14H14ClN3OS. The highest BCUT2D eigenvalue weighted by Crippen LogP contribution is 2.18. The van der Waals surface area contributed by atoms with E-state index in [-0.39, 0.29) is 5.91 Å². The molecule has 0 radical (unpaired) electrons. The Morgan fingerprint density at radius 1 is 1.40 bits per heavy atom. The van der Waals surface area contributed by atoms with Gasteiger partial charge in [-0.25, -0.2) is 0 Å². The molecule has 0 saturated heterocycles. The average molecular weight is 308 g/mol. The Morgan fingerprint density at radius 2 is 2.20 bits per heavy atom. The van der Waals surface area contributed by atoms with Gasteiger partial charge >= 0.3 is 0 Å². The van der Waals surface area contributed by atoms with Crippen molar-refractivity contribution in [2.75, 3.05) is 5.32 Å². The molecular weight excluding hydrogens is 294 g/mol. The van der Waals surface area contributed by atoms with Crippen LogP contribution in [0.2, 0.25) is 5.02 Å². The largest absolute Gasteiger partial charge is 0.297 e. The van der Waals surface area contributed by atoms with Crippen molar-refractivity contribution in [3.05, 3.63) is 45.9 Å². The second-order valence-electron chi connectivity index (χ2n) is 4.10.